The van der Waals surface area contributed by atoms with Crippen LogP contribution in [0.2, 0.25) is 0 Å². The molecule has 1 heterocycles. The SMILES string of the molecule is CC/C=C\C/C=C\C/C=C\C/C=C\C/C=C\CCCCCCCCCCCCOCC(COC1OC(CO)C(O)C(O)C1O)OC(=O)CCCCCCC/C=C\C/C=C\CCCC. The Morgan fingerprint density at radius 1 is 0.524 bits per heavy atom. The zero-order valence-electron chi connectivity index (χ0n) is 39.8. The first-order valence-corrected chi connectivity index (χ1v) is 25.2. The average Bonchev–Trinajstić information content (AvgIpc) is 3.28. The van der Waals surface area contributed by atoms with Gasteiger partial charge in [-0.05, 0) is 83.5 Å². The van der Waals surface area contributed by atoms with Gasteiger partial charge in [0.05, 0.1) is 19.8 Å². The van der Waals surface area contributed by atoms with E-state index >= 15 is 0 Å². The van der Waals surface area contributed by atoms with Crippen molar-refractivity contribution >= 4 is 5.97 Å². The highest BCUT2D eigenvalue weighted by atomic mass is 16.7. The number of allylic oxidation sites excluding steroid dienone is 14. The number of unbranched alkanes of at least 4 members (excludes halogenated alkanes) is 17. The first-order valence-electron chi connectivity index (χ1n) is 25.2. The molecule has 0 radical (unpaired) electrons. The van der Waals surface area contributed by atoms with Crippen LogP contribution in [0.1, 0.15) is 187 Å². The van der Waals surface area contributed by atoms with E-state index in [9.17, 15) is 25.2 Å². The molecule has 1 rings (SSSR count). The predicted molar refractivity (Wildman–Crippen MR) is 260 cm³/mol. The summed E-state index contributed by atoms with van der Waals surface area (Å²) in [6.45, 7) is 4.37. The molecule has 63 heavy (non-hydrogen) atoms. The molecule has 0 aromatic rings. The van der Waals surface area contributed by atoms with Gasteiger partial charge >= 0.3 is 5.97 Å². The number of carbonyl (C=O) groups excluding carboxylic acids is 1. The minimum Gasteiger partial charge on any atom is -0.457 e. The van der Waals surface area contributed by atoms with Crippen LogP contribution in [0.25, 0.3) is 0 Å². The Labute approximate surface area is 384 Å². The molecule has 9 nitrogen and oxygen atoms in total. The van der Waals surface area contributed by atoms with Crippen molar-refractivity contribution in [3.8, 4) is 0 Å². The molecule has 0 aromatic carbocycles. The average molecular weight is 885 g/mol. The third-order valence-electron chi connectivity index (χ3n) is 11.0. The van der Waals surface area contributed by atoms with E-state index in [1.807, 2.05) is 0 Å². The van der Waals surface area contributed by atoms with Crippen LogP contribution in [0, 0.1) is 0 Å². The first kappa shape index (κ1) is 58.4. The van der Waals surface area contributed by atoms with Crippen LogP contribution in [0.4, 0.5) is 0 Å². The van der Waals surface area contributed by atoms with Crippen molar-refractivity contribution in [3.63, 3.8) is 0 Å². The lowest BCUT2D eigenvalue weighted by molar-refractivity contribution is -0.305. The molecule has 1 saturated heterocycles. The molecule has 1 aliphatic heterocycles. The second-order valence-electron chi connectivity index (χ2n) is 16.9. The van der Waals surface area contributed by atoms with Gasteiger partial charge in [0.1, 0.15) is 30.5 Å². The van der Waals surface area contributed by atoms with Crippen LogP contribution in [-0.4, -0.2) is 89.6 Å². The van der Waals surface area contributed by atoms with Gasteiger partial charge in [0.15, 0.2) is 6.29 Å². The summed E-state index contributed by atoms with van der Waals surface area (Å²) in [4.78, 5) is 12.8. The molecule has 6 unspecified atom stereocenters. The molecule has 9 heteroatoms. The van der Waals surface area contributed by atoms with Crippen LogP contribution in [0.15, 0.2) is 85.1 Å². The van der Waals surface area contributed by atoms with E-state index in [2.05, 4.69) is 98.9 Å². The number of carbonyl (C=O) groups is 1. The van der Waals surface area contributed by atoms with Crippen LogP contribution >= 0.6 is 0 Å². The number of rotatable bonds is 42. The largest absolute Gasteiger partial charge is 0.457 e. The fourth-order valence-electron chi connectivity index (χ4n) is 7.12. The Morgan fingerprint density at radius 2 is 0.968 bits per heavy atom. The van der Waals surface area contributed by atoms with Crippen molar-refractivity contribution in [1.29, 1.82) is 0 Å². The maximum Gasteiger partial charge on any atom is 0.306 e. The highest BCUT2D eigenvalue weighted by Gasteiger charge is 2.44. The second kappa shape index (κ2) is 44.6. The molecular weight excluding hydrogens is 793 g/mol. The normalized spacial score (nSPS) is 20.4. The summed E-state index contributed by atoms with van der Waals surface area (Å²) in [5.41, 5.74) is 0. The van der Waals surface area contributed by atoms with Crippen LogP contribution < -0.4 is 0 Å². The lowest BCUT2D eigenvalue weighted by Crippen LogP contribution is -2.59. The Bertz CT molecular complexity index is 1240. The van der Waals surface area contributed by atoms with Gasteiger partial charge in [0, 0.05) is 13.0 Å². The van der Waals surface area contributed by atoms with Gasteiger partial charge in [-0.2, -0.15) is 0 Å². The van der Waals surface area contributed by atoms with E-state index in [0.29, 0.717) is 13.0 Å². The van der Waals surface area contributed by atoms with E-state index in [0.717, 1.165) is 96.3 Å². The second-order valence-corrected chi connectivity index (χ2v) is 16.9. The number of aliphatic hydroxyl groups excluding tert-OH is 4. The summed E-state index contributed by atoms with van der Waals surface area (Å²) in [7, 11) is 0. The van der Waals surface area contributed by atoms with Crippen molar-refractivity contribution < 1.29 is 44.2 Å². The molecule has 0 bridgehead atoms. The topological polar surface area (TPSA) is 135 Å². The Morgan fingerprint density at radius 3 is 1.46 bits per heavy atom. The predicted octanol–water partition coefficient (Wildman–Crippen LogP) is 12.2. The molecule has 0 aromatic heterocycles. The highest BCUT2D eigenvalue weighted by molar-refractivity contribution is 5.69. The maximum absolute atomic E-state index is 12.8. The summed E-state index contributed by atoms with van der Waals surface area (Å²) in [5, 5.41) is 40.2. The van der Waals surface area contributed by atoms with Crippen molar-refractivity contribution in [3.05, 3.63) is 85.1 Å². The zero-order valence-corrected chi connectivity index (χ0v) is 39.8. The number of ether oxygens (including phenoxy) is 4. The van der Waals surface area contributed by atoms with E-state index in [1.165, 1.54) is 70.6 Å². The summed E-state index contributed by atoms with van der Waals surface area (Å²) in [6.07, 6.45) is 53.3. The number of hydrogen-bond donors (Lipinski definition) is 4. The number of hydrogen-bond acceptors (Lipinski definition) is 9. The van der Waals surface area contributed by atoms with Gasteiger partial charge in [0.2, 0.25) is 0 Å². The summed E-state index contributed by atoms with van der Waals surface area (Å²) in [6, 6.07) is 0. The quantitative estimate of drug-likeness (QED) is 0.0268. The molecule has 362 valence electrons. The summed E-state index contributed by atoms with van der Waals surface area (Å²) >= 11 is 0. The van der Waals surface area contributed by atoms with E-state index in [1.54, 1.807) is 0 Å². The number of aliphatic hydroxyl groups is 4. The van der Waals surface area contributed by atoms with Gasteiger partial charge in [-0.25, -0.2) is 0 Å². The van der Waals surface area contributed by atoms with Gasteiger partial charge in [-0.15, -0.1) is 0 Å². The third-order valence-corrected chi connectivity index (χ3v) is 11.0. The molecule has 0 amide bonds. The summed E-state index contributed by atoms with van der Waals surface area (Å²) in [5.74, 6) is -0.332. The van der Waals surface area contributed by atoms with Crippen molar-refractivity contribution in [1.82, 2.24) is 0 Å². The van der Waals surface area contributed by atoms with Crippen molar-refractivity contribution in [2.45, 2.75) is 224 Å². The van der Waals surface area contributed by atoms with Crippen molar-refractivity contribution in [2.24, 2.45) is 0 Å². The highest BCUT2D eigenvalue weighted by Crippen LogP contribution is 2.22. The molecular formula is C54H92O9. The van der Waals surface area contributed by atoms with E-state index in [4.69, 9.17) is 18.9 Å². The molecule has 1 aliphatic rings. The Hall–Kier alpha value is -2.63. The fourth-order valence-corrected chi connectivity index (χ4v) is 7.12. The smallest absolute Gasteiger partial charge is 0.306 e. The molecule has 1 fully saturated rings. The van der Waals surface area contributed by atoms with Crippen LogP contribution in [0.3, 0.4) is 0 Å². The van der Waals surface area contributed by atoms with Crippen LogP contribution in [-0.2, 0) is 23.7 Å². The first-order chi connectivity index (χ1) is 30.9. The number of esters is 1. The Kier molecular flexibility index (Phi) is 41.3. The minimum absolute atomic E-state index is 0.125. The molecule has 4 N–H and O–H groups in total. The van der Waals surface area contributed by atoms with E-state index < -0.39 is 43.4 Å². The zero-order chi connectivity index (χ0) is 45.7. The van der Waals surface area contributed by atoms with Gasteiger partial charge in [0.25, 0.3) is 0 Å². The fraction of sp³-hybridized carbons (Fsp3) is 0.722. The van der Waals surface area contributed by atoms with Crippen LogP contribution in [0.5, 0.6) is 0 Å². The Balaban J connectivity index is 2.20. The molecule has 0 aliphatic carbocycles. The standard InChI is InChI=1S/C54H92O9/c1-3-5-7-9-11-13-15-17-19-20-21-22-23-24-25-26-27-28-29-30-32-34-36-38-40-42-44-60-46-48(47-61-54-53(59)52(58)51(57)49(45-55)63-54)62-50(56)43-41-39-37-35-33-31-18-16-14-12-10-8-6-4-2/h5,7,10-13,16-19,21-22,24-25,48-49,51-55,57-59H,3-4,6,8-9,14-15,20,23,26-47H2,1-2H3/b7-5-,12-10-,13-11-,18-16-,19-17-,22-21-,25-24-. The molecule has 0 saturated carbocycles. The monoisotopic (exact) mass is 885 g/mol. The summed E-state index contributed by atoms with van der Waals surface area (Å²) < 4.78 is 22.9. The lowest BCUT2D eigenvalue weighted by Gasteiger charge is -2.39. The third kappa shape index (κ3) is 35.3. The lowest BCUT2D eigenvalue weighted by atomic mass is 9.99. The minimum atomic E-state index is -1.54. The molecule has 6 atom stereocenters. The molecule has 0 spiro atoms. The van der Waals surface area contributed by atoms with Gasteiger partial charge in [-0.1, -0.05) is 182 Å². The van der Waals surface area contributed by atoms with Crippen molar-refractivity contribution in [2.75, 3.05) is 26.4 Å². The maximum atomic E-state index is 12.8. The van der Waals surface area contributed by atoms with Gasteiger partial charge in [-0.3, -0.25) is 4.79 Å². The van der Waals surface area contributed by atoms with Gasteiger partial charge < -0.3 is 39.4 Å². The van der Waals surface area contributed by atoms with E-state index in [-0.39, 0.29) is 19.2 Å².